The van der Waals surface area contributed by atoms with Crippen molar-refractivity contribution >= 4 is 28.5 Å². The highest BCUT2D eigenvalue weighted by molar-refractivity contribution is 14.1. The van der Waals surface area contributed by atoms with Crippen molar-refractivity contribution in [3.63, 3.8) is 0 Å². The normalized spacial score (nSPS) is 10.1. The molecule has 0 radical (unpaired) electrons. The fourth-order valence-corrected chi connectivity index (χ4v) is 2.74. The van der Waals surface area contributed by atoms with E-state index in [-0.39, 0.29) is 5.91 Å². The fourth-order valence-electron chi connectivity index (χ4n) is 1.98. The Morgan fingerprint density at radius 2 is 1.95 bits per heavy atom. The Balaban J connectivity index is 2.22. The first-order valence-electron chi connectivity index (χ1n) is 6.98. The van der Waals surface area contributed by atoms with E-state index in [1.54, 1.807) is 19.2 Å². The monoisotopic (exact) mass is 411 g/mol. The summed E-state index contributed by atoms with van der Waals surface area (Å²) in [4.78, 5) is 11.9. The van der Waals surface area contributed by atoms with Gasteiger partial charge in [-0.05, 0) is 47.2 Å². The number of carbonyl (C=O) groups excluding carboxylic acids is 1. The molecule has 0 unspecified atom stereocenters. The highest BCUT2D eigenvalue weighted by Gasteiger charge is 2.15. The molecule has 0 spiro atoms. The Morgan fingerprint density at radius 1 is 1.23 bits per heavy atom. The van der Waals surface area contributed by atoms with Crippen molar-refractivity contribution < 1.29 is 14.3 Å². The average Bonchev–Trinajstić information content (AvgIpc) is 2.54. The second-order valence-electron chi connectivity index (χ2n) is 4.62. The number of hydrogen-bond donors (Lipinski definition) is 1. The molecule has 0 aliphatic carbocycles. The third-order valence-corrected chi connectivity index (χ3v) is 3.86. The predicted octanol–water partition coefficient (Wildman–Crippen LogP) is 3.63. The maximum atomic E-state index is 11.9. The molecule has 0 aliphatic rings. The fraction of sp³-hybridized carbons (Fsp3) is 0.235. The summed E-state index contributed by atoms with van der Waals surface area (Å²) in [6.45, 7) is 2.93. The number of benzene rings is 2. The van der Waals surface area contributed by atoms with Gasteiger partial charge in [-0.15, -0.1) is 0 Å². The van der Waals surface area contributed by atoms with Crippen LogP contribution in [0.15, 0.2) is 42.5 Å². The molecule has 1 amide bonds. The number of rotatable bonds is 6. The maximum absolute atomic E-state index is 11.9. The van der Waals surface area contributed by atoms with Crippen LogP contribution >= 0.6 is 22.6 Å². The molecule has 0 fully saturated rings. The van der Waals surface area contributed by atoms with Crippen molar-refractivity contribution in [2.24, 2.45) is 0 Å². The number of hydrogen-bond acceptors (Lipinski definition) is 3. The number of methoxy groups -OCH3 is 1. The Bertz CT molecular complexity index is 644. The predicted molar refractivity (Wildman–Crippen MR) is 94.5 cm³/mol. The van der Waals surface area contributed by atoms with E-state index in [2.05, 4.69) is 27.9 Å². The van der Waals surface area contributed by atoms with E-state index in [0.717, 1.165) is 9.13 Å². The number of ether oxygens (including phenoxy) is 2. The van der Waals surface area contributed by atoms with E-state index in [1.165, 1.54) is 0 Å². The van der Waals surface area contributed by atoms with Gasteiger partial charge in [0.25, 0.3) is 5.91 Å². The van der Waals surface area contributed by atoms with E-state index < -0.39 is 0 Å². The Morgan fingerprint density at radius 3 is 2.59 bits per heavy atom. The van der Waals surface area contributed by atoms with Crippen LogP contribution in [0.3, 0.4) is 0 Å². The SMILES string of the molecule is CCNC(=O)c1cc(I)c(OCc2ccccc2)c(OC)c1. The number of amides is 1. The molecule has 2 rings (SSSR count). The molecule has 0 saturated carbocycles. The largest absolute Gasteiger partial charge is 0.493 e. The second-order valence-corrected chi connectivity index (χ2v) is 5.79. The molecular weight excluding hydrogens is 393 g/mol. The lowest BCUT2D eigenvalue weighted by molar-refractivity contribution is 0.0955. The van der Waals surface area contributed by atoms with Gasteiger partial charge in [-0.25, -0.2) is 0 Å². The topological polar surface area (TPSA) is 47.6 Å². The molecule has 2 aromatic rings. The van der Waals surface area contributed by atoms with E-state index in [1.807, 2.05) is 37.3 Å². The van der Waals surface area contributed by atoms with Crippen LogP contribution in [0, 0.1) is 3.57 Å². The molecule has 0 aliphatic heterocycles. The molecule has 0 aromatic heterocycles. The van der Waals surface area contributed by atoms with Crippen LogP contribution in [0.25, 0.3) is 0 Å². The summed E-state index contributed by atoms with van der Waals surface area (Å²) in [5.41, 5.74) is 1.64. The van der Waals surface area contributed by atoms with Crippen molar-refractivity contribution in [2.75, 3.05) is 13.7 Å². The molecular formula is C17H18INO3. The van der Waals surface area contributed by atoms with Gasteiger partial charge < -0.3 is 14.8 Å². The molecule has 0 saturated heterocycles. The highest BCUT2D eigenvalue weighted by Crippen LogP contribution is 2.34. The lowest BCUT2D eigenvalue weighted by Crippen LogP contribution is -2.22. The van der Waals surface area contributed by atoms with E-state index in [9.17, 15) is 4.79 Å². The summed E-state index contributed by atoms with van der Waals surface area (Å²) in [6.07, 6.45) is 0. The summed E-state index contributed by atoms with van der Waals surface area (Å²) in [5.74, 6) is 1.09. The summed E-state index contributed by atoms with van der Waals surface area (Å²) in [7, 11) is 1.57. The van der Waals surface area contributed by atoms with Gasteiger partial charge in [0.1, 0.15) is 6.61 Å². The van der Waals surface area contributed by atoms with E-state index >= 15 is 0 Å². The Kier molecular flexibility index (Phi) is 6.06. The first kappa shape index (κ1) is 16.6. The van der Waals surface area contributed by atoms with Crippen LogP contribution in [-0.2, 0) is 6.61 Å². The molecule has 0 heterocycles. The molecule has 22 heavy (non-hydrogen) atoms. The third kappa shape index (κ3) is 4.13. The molecule has 1 N–H and O–H groups in total. The average molecular weight is 411 g/mol. The molecule has 2 aromatic carbocycles. The van der Waals surface area contributed by atoms with E-state index in [4.69, 9.17) is 9.47 Å². The van der Waals surface area contributed by atoms with Gasteiger partial charge in [-0.2, -0.15) is 0 Å². The Hall–Kier alpha value is -1.76. The van der Waals surface area contributed by atoms with Crippen molar-refractivity contribution in [3.8, 4) is 11.5 Å². The first-order valence-corrected chi connectivity index (χ1v) is 8.06. The summed E-state index contributed by atoms with van der Waals surface area (Å²) in [6, 6.07) is 13.4. The maximum Gasteiger partial charge on any atom is 0.251 e. The van der Waals surface area contributed by atoms with Gasteiger partial charge in [-0.1, -0.05) is 30.3 Å². The van der Waals surface area contributed by atoms with Crippen LogP contribution in [0.1, 0.15) is 22.8 Å². The zero-order chi connectivity index (χ0) is 15.9. The van der Waals surface area contributed by atoms with Gasteiger partial charge in [0.05, 0.1) is 10.7 Å². The van der Waals surface area contributed by atoms with Gasteiger partial charge in [0.15, 0.2) is 11.5 Å². The zero-order valence-electron chi connectivity index (χ0n) is 12.6. The minimum Gasteiger partial charge on any atom is -0.493 e. The minimum atomic E-state index is -0.117. The van der Waals surface area contributed by atoms with Gasteiger partial charge in [0, 0.05) is 12.1 Å². The molecule has 0 bridgehead atoms. The van der Waals surface area contributed by atoms with Crippen LogP contribution in [-0.4, -0.2) is 19.6 Å². The Labute approximate surface area is 144 Å². The molecule has 0 atom stereocenters. The minimum absolute atomic E-state index is 0.117. The molecule has 116 valence electrons. The number of carbonyl (C=O) groups is 1. The van der Waals surface area contributed by atoms with E-state index in [0.29, 0.717) is 30.2 Å². The lowest BCUT2D eigenvalue weighted by atomic mass is 10.2. The summed E-state index contributed by atoms with van der Waals surface area (Å²) < 4.78 is 12.1. The highest BCUT2D eigenvalue weighted by atomic mass is 127. The van der Waals surface area contributed by atoms with Gasteiger partial charge >= 0.3 is 0 Å². The standard InChI is InChI=1S/C17H18INO3/c1-3-19-17(20)13-9-14(18)16(15(10-13)21-2)22-11-12-7-5-4-6-8-12/h4-10H,3,11H2,1-2H3,(H,19,20). The van der Waals surface area contributed by atoms with Crippen molar-refractivity contribution in [3.05, 3.63) is 57.2 Å². The molecule has 5 heteroatoms. The second kappa shape index (κ2) is 8.03. The van der Waals surface area contributed by atoms with Crippen LogP contribution in [0.2, 0.25) is 0 Å². The van der Waals surface area contributed by atoms with Crippen LogP contribution in [0.5, 0.6) is 11.5 Å². The summed E-state index contributed by atoms with van der Waals surface area (Å²) >= 11 is 2.15. The van der Waals surface area contributed by atoms with Crippen LogP contribution in [0.4, 0.5) is 0 Å². The third-order valence-electron chi connectivity index (χ3n) is 3.05. The van der Waals surface area contributed by atoms with Crippen molar-refractivity contribution in [1.82, 2.24) is 5.32 Å². The molecule has 4 nitrogen and oxygen atoms in total. The smallest absolute Gasteiger partial charge is 0.251 e. The zero-order valence-corrected chi connectivity index (χ0v) is 14.7. The summed E-state index contributed by atoms with van der Waals surface area (Å²) in [5, 5.41) is 2.78. The van der Waals surface area contributed by atoms with Crippen molar-refractivity contribution in [1.29, 1.82) is 0 Å². The van der Waals surface area contributed by atoms with Crippen LogP contribution < -0.4 is 14.8 Å². The lowest BCUT2D eigenvalue weighted by Gasteiger charge is -2.14. The van der Waals surface area contributed by atoms with Crippen molar-refractivity contribution in [2.45, 2.75) is 13.5 Å². The quantitative estimate of drug-likeness (QED) is 0.739. The van der Waals surface area contributed by atoms with Gasteiger partial charge in [-0.3, -0.25) is 4.79 Å². The van der Waals surface area contributed by atoms with Gasteiger partial charge in [0.2, 0.25) is 0 Å². The first-order chi connectivity index (χ1) is 10.7. The number of halogens is 1. The number of nitrogens with one attached hydrogen (secondary N) is 1.